The first-order chi connectivity index (χ1) is 9.34. The lowest BCUT2D eigenvalue weighted by Crippen LogP contribution is -2.54. The number of anilines is 1. The lowest BCUT2D eigenvalue weighted by molar-refractivity contribution is -0.125. The number of ether oxygens (including phenoxy) is 1. The van der Waals surface area contributed by atoms with E-state index < -0.39 is 27.8 Å². The topological polar surface area (TPSA) is 116 Å². The van der Waals surface area contributed by atoms with Gasteiger partial charge >= 0.3 is 0 Å². The first-order valence-electron chi connectivity index (χ1n) is 5.78. The van der Waals surface area contributed by atoms with Gasteiger partial charge < -0.3 is 16.2 Å². The van der Waals surface area contributed by atoms with Gasteiger partial charge in [0.25, 0.3) is 0 Å². The van der Waals surface area contributed by atoms with Gasteiger partial charge in [0.05, 0.1) is 23.8 Å². The van der Waals surface area contributed by atoms with Crippen LogP contribution in [-0.4, -0.2) is 44.4 Å². The monoisotopic (exact) mass is 303 g/mol. The Morgan fingerprint density at radius 1 is 1.45 bits per heavy atom. The summed E-state index contributed by atoms with van der Waals surface area (Å²) in [5.41, 5.74) is 10.3. The van der Waals surface area contributed by atoms with Crippen molar-refractivity contribution >= 4 is 21.6 Å². The van der Waals surface area contributed by atoms with Crippen molar-refractivity contribution in [3.63, 3.8) is 0 Å². The lowest BCUT2D eigenvalue weighted by Gasteiger charge is -2.32. The molecule has 1 aliphatic rings. The van der Waals surface area contributed by atoms with Crippen molar-refractivity contribution in [2.75, 3.05) is 25.5 Å². The second kappa shape index (κ2) is 5.35. The molecule has 0 aliphatic carbocycles. The SMILES string of the molecule is NC(=O)C1COCCN1S(=O)(=O)c1ccc(F)c(N)c1. The van der Waals surface area contributed by atoms with Crippen LogP contribution < -0.4 is 11.5 Å². The van der Waals surface area contributed by atoms with E-state index in [2.05, 4.69) is 0 Å². The largest absolute Gasteiger partial charge is 0.396 e. The third-order valence-electron chi connectivity index (χ3n) is 2.98. The molecule has 0 aromatic heterocycles. The normalized spacial score (nSPS) is 20.8. The molecule has 1 heterocycles. The highest BCUT2D eigenvalue weighted by Gasteiger charge is 2.37. The second-order valence-corrected chi connectivity index (χ2v) is 6.18. The van der Waals surface area contributed by atoms with E-state index >= 15 is 0 Å². The average molecular weight is 303 g/mol. The maximum atomic E-state index is 13.1. The molecule has 1 fully saturated rings. The van der Waals surface area contributed by atoms with Crippen molar-refractivity contribution in [3.05, 3.63) is 24.0 Å². The van der Waals surface area contributed by atoms with Crippen LogP contribution in [0.2, 0.25) is 0 Å². The molecule has 1 aromatic rings. The molecule has 1 aliphatic heterocycles. The van der Waals surface area contributed by atoms with Crippen LogP contribution in [0.3, 0.4) is 0 Å². The summed E-state index contributed by atoms with van der Waals surface area (Å²) in [4.78, 5) is 11.1. The minimum Gasteiger partial charge on any atom is -0.396 e. The van der Waals surface area contributed by atoms with Gasteiger partial charge in [-0.2, -0.15) is 4.31 Å². The maximum absolute atomic E-state index is 13.1. The number of rotatable bonds is 3. The van der Waals surface area contributed by atoms with Crippen molar-refractivity contribution in [2.45, 2.75) is 10.9 Å². The van der Waals surface area contributed by atoms with E-state index in [0.29, 0.717) is 0 Å². The van der Waals surface area contributed by atoms with Gasteiger partial charge in [-0.3, -0.25) is 4.79 Å². The van der Waals surface area contributed by atoms with Gasteiger partial charge in [-0.15, -0.1) is 0 Å². The maximum Gasteiger partial charge on any atom is 0.244 e. The molecule has 2 rings (SSSR count). The van der Waals surface area contributed by atoms with E-state index in [1.807, 2.05) is 0 Å². The number of nitrogens with zero attached hydrogens (tertiary/aromatic N) is 1. The molecule has 1 atom stereocenters. The number of nitrogens with two attached hydrogens (primary N) is 2. The van der Waals surface area contributed by atoms with Gasteiger partial charge in [-0.25, -0.2) is 12.8 Å². The Bertz CT molecular complexity index is 635. The minimum atomic E-state index is -3.99. The Hall–Kier alpha value is -1.71. The van der Waals surface area contributed by atoms with Gasteiger partial charge in [-0.1, -0.05) is 0 Å². The van der Waals surface area contributed by atoms with Crippen LogP contribution >= 0.6 is 0 Å². The van der Waals surface area contributed by atoms with Crippen molar-refractivity contribution in [3.8, 4) is 0 Å². The summed E-state index contributed by atoms with van der Waals surface area (Å²) >= 11 is 0. The molecule has 9 heteroatoms. The van der Waals surface area contributed by atoms with Crippen LogP contribution in [0, 0.1) is 5.82 Å². The summed E-state index contributed by atoms with van der Waals surface area (Å²) in [7, 11) is -3.99. The second-order valence-electron chi connectivity index (χ2n) is 4.29. The van der Waals surface area contributed by atoms with Crippen LogP contribution in [0.5, 0.6) is 0 Å². The molecular formula is C11H14FN3O4S. The zero-order chi connectivity index (χ0) is 14.9. The highest BCUT2D eigenvalue weighted by Crippen LogP contribution is 2.23. The number of primary amides is 1. The number of halogens is 1. The zero-order valence-corrected chi connectivity index (χ0v) is 11.3. The summed E-state index contributed by atoms with van der Waals surface area (Å²) < 4.78 is 44.0. The molecule has 0 bridgehead atoms. The zero-order valence-electron chi connectivity index (χ0n) is 10.5. The van der Waals surface area contributed by atoms with Crippen LogP contribution in [0.1, 0.15) is 0 Å². The molecule has 1 aromatic carbocycles. The molecule has 7 nitrogen and oxygen atoms in total. The number of benzene rings is 1. The first kappa shape index (κ1) is 14.7. The third-order valence-corrected chi connectivity index (χ3v) is 4.89. The van der Waals surface area contributed by atoms with Crippen LogP contribution in [0.25, 0.3) is 0 Å². The van der Waals surface area contributed by atoms with Gasteiger partial charge in [0.1, 0.15) is 11.9 Å². The summed E-state index contributed by atoms with van der Waals surface area (Å²) in [5, 5.41) is 0. The molecule has 0 saturated carbocycles. The summed E-state index contributed by atoms with van der Waals surface area (Å²) in [6.07, 6.45) is 0. The molecule has 1 unspecified atom stereocenters. The van der Waals surface area contributed by atoms with Crippen molar-refractivity contribution in [2.24, 2.45) is 5.73 Å². The third kappa shape index (κ3) is 2.60. The Morgan fingerprint density at radius 3 is 2.75 bits per heavy atom. The number of nitrogen functional groups attached to an aromatic ring is 1. The first-order valence-corrected chi connectivity index (χ1v) is 7.22. The van der Waals surface area contributed by atoms with E-state index in [1.165, 1.54) is 0 Å². The van der Waals surface area contributed by atoms with Crippen molar-refractivity contribution in [1.29, 1.82) is 0 Å². The lowest BCUT2D eigenvalue weighted by atomic mass is 10.3. The summed E-state index contributed by atoms with van der Waals surface area (Å²) in [6, 6.07) is 1.98. The molecule has 4 N–H and O–H groups in total. The van der Waals surface area contributed by atoms with Gasteiger partial charge in [-0.05, 0) is 18.2 Å². The predicted octanol–water partition coefficient (Wildman–Crippen LogP) is -0.717. The van der Waals surface area contributed by atoms with Gasteiger partial charge in [0.2, 0.25) is 15.9 Å². The molecule has 1 amide bonds. The Kier molecular flexibility index (Phi) is 3.93. The Labute approximate surface area is 115 Å². The smallest absolute Gasteiger partial charge is 0.244 e. The molecule has 20 heavy (non-hydrogen) atoms. The molecule has 110 valence electrons. The van der Waals surface area contributed by atoms with Gasteiger partial charge in [0, 0.05) is 6.54 Å². The molecule has 0 spiro atoms. The quantitative estimate of drug-likeness (QED) is 0.715. The van der Waals surface area contributed by atoms with E-state index in [1.54, 1.807) is 0 Å². The summed E-state index contributed by atoms with van der Waals surface area (Å²) in [5.74, 6) is -1.51. The molecule has 1 saturated heterocycles. The van der Waals surface area contributed by atoms with E-state index in [4.69, 9.17) is 16.2 Å². The van der Waals surface area contributed by atoms with E-state index in [-0.39, 0.29) is 30.3 Å². The fourth-order valence-corrected chi connectivity index (χ4v) is 3.52. The number of sulfonamides is 1. The minimum absolute atomic E-state index is 0.00673. The number of hydrogen-bond acceptors (Lipinski definition) is 5. The standard InChI is InChI=1S/C11H14FN3O4S/c12-8-2-1-7(5-9(8)13)20(17,18)15-3-4-19-6-10(15)11(14)16/h1-2,5,10H,3-4,6,13H2,(H2,14,16). The fraction of sp³-hybridized carbons (Fsp3) is 0.364. The predicted molar refractivity (Wildman–Crippen MR) is 68.5 cm³/mol. The van der Waals surface area contributed by atoms with Crippen LogP contribution in [-0.2, 0) is 19.6 Å². The fourth-order valence-electron chi connectivity index (χ4n) is 1.92. The van der Waals surface area contributed by atoms with Crippen molar-refractivity contribution in [1.82, 2.24) is 4.31 Å². The van der Waals surface area contributed by atoms with Crippen LogP contribution in [0.4, 0.5) is 10.1 Å². The summed E-state index contributed by atoms with van der Waals surface area (Å²) in [6.45, 7) is 0.0398. The number of amides is 1. The Morgan fingerprint density at radius 2 is 2.15 bits per heavy atom. The molecule has 0 radical (unpaired) electrons. The van der Waals surface area contributed by atoms with Crippen LogP contribution in [0.15, 0.2) is 23.1 Å². The highest BCUT2D eigenvalue weighted by atomic mass is 32.2. The Balaban J connectivity index is 2.42. The average Bonchev–Trinajstić information content (AvgIpc) is 2.41. The highest BCUT2D eigenvalue weighted by molar-refractivity contribution is 7.89. The molecular weight excluding hydrogens is 289 g/mol. The number of morpholine rings is 1. The van der Waals surface area contributed by atoms with Crippen molar-refractivity contribution < 1.29 is 22.3 Å². The number of carbonyl (C=O) groups excluding carboxylic acids is 1. The number of carbonyl (C=O) groups is 1. The van der Waals surface area contributed by atoms with Gasteiger partial charge in [0.15, 0.2) is 0 Å². The number of hydrogen-bond donors (Lipinski definition) is 2. The van der Waals surface area contributed by atoms with E-state index in [0.717, 1.165) is 22.5 Å². The van der Waals surface area contributed by atoms with E-state index in [9.17, 15) is 17.6 Å².